The Hall–Kier alpha value is -0.710. The van der Waals surface area contributed by atoms with Crippen LogP contribution < -0.4 is 5.48 Å². The molecule has 0 unspecified atom stereocenters. The Morgan fingerprint density at radius 2 is 2.56 bits per heavy atom. The quantitative estimate of drug-likeness (QED) is 0.560. The molecule has 1 rings (SSSR count). The Balaban J connectivity index is 2.77. The topological polar surface area (TPSA) is 56.7 Å². The lowest BCUT2D eigenvalue weighted by molar-refractivity contribution is -0.481. The highest BCUT2D eigenvalue weighted by molar-refractivity contribution is 7.11. The van der Waals surface area contributed by atoms with Gasteiger partial charge in [0.2, 0.25) is 0 Å². The molecule has 0 saturated heterocycles. The van der Waals surface area contributed by atoms with Crippen LogP contribution in [0.1, 0.15) is 9.67 Å². The molecule has 1 amide bonds. The number of hydrogen-bond acceptors (Lipinski definition) is 3. The number of carbonyl (C=O) groups is 1. The van der Waals surface area contributed by atoms with Crippen molar-refractivity contribution in [2.45, 2.75) is 0 Å². The molecule has 0 aliphatic rings. The Labute approximate surface area is 55.9 Å². The van der Waals surface area contributed by atoms with E-state index >= 15 is 0 Å². The highest BCUT2D eigenvalue weighted by Crippen LogP contribution is 2.05. The number of rotatable bonds is 1. The summed E-state index contributed by atoms with van der Waals surface area (Å²) in [5.41, 5.74) is 0.325. The molecule has 1 aromatic heterocycles. The number of thiophene rings is 1. The summed E-state index contributed by atoms with van der Waals surface area (Å²) in [4.78, 5) is 11.0. The predicted octanol–water partition coefficient (Wildman–Crippen LogP) is -0.0505. The van der Waals surface area contributed by atoms with Gasteiger partial charge in [0.05, 0.1) is 0 Å². The highest BCUT2D eigenvalue weighted by Gasteiger charge is 2.03. The second kappa shape index (κ2) is 2.72. The molecule has 4 heteroatoms. The van der Waals surface area contributed by atoms with Gasteiger partial charge in [0, 0.05) is 0 Å². The summed E-state index contributed by atoms with van der Waals surface area (Å²) < 4.78 is 0. The first-order valence-electron chi connectivity index (χ1n) is 2.37. The van der Waals surface area contributed by atoms with Crippen molar-refractivity contribution in [2.75, 3.05) is 0 Å². The van der Waals surface area contributed by atoms with Crippen LogP contribution >= 0.6 is 11.3 Å². The van der Waals surface area contributed by atoms with E-state index in [0.717, 1.165) is 0 Å². The van der Waals surface area contributed by atoms with E-state index < -0.39 is 5.91 Å². The summed E-state index contributed by atoms with van der Waals surface area (Å²) in [5, 5.41) is 11.6. The molecule has 0 radical (unpaired) electrons. The van der Waals surface area contributed by atoms with Gasteiger partial charge in [-0.2, -0.15) is 0 Å². The standard InChI is InChI=1S/C5H5NO2S/c7-5(6-8)4-2-1-3-9-4/h1-3H,6H2. The van der Waals surface area contributed by atoms with Crippen LogP contribution in [0, 0.1) is 5.21 Å². The smallest absolute Gasteiger partial charge is 0.352 e. The monoisotopic (exact) mass is 143 g/mol. The molecule has 0 saturated carbocycles. The fraction of sp³-hybridized carbons (Fsp3) is 0. The van der Waals surface area contributed by atoms with Gasteiger partial charge in [-0.1, -0.05) is 6.07 Å². The van der Waals surface area contributed by atoms with Gasteiger partial charge in [-0.05, 0) is 11.4 Å². The molecular weight excluding hydrogens is 138 g/mol. The van der Waals surface area contributed by atoms with Gasteiger partial charge in [-0.25, -0.2) is 4.79 Å². The second-order valence-electron chi connectivity index (χ2n) is 1.46. The number of primary amides is 1. The van der Waals surface area contributed by atoms with Crippen molar-refractivity contribution in [1.82, 2.24) is 0 Å². The van der Waals surface area contributed by atoms with E-state index in [9.17, 15) is 10.0 Å². The van der Waals surface area contributed by atoms with Gasteiger partial charge >= 0.3 is 5.91 Å². The Kier molecular flexibility index (Phi) is 1.94. The molecule has 0 spiro atoms. The predicted molar refractivity (Wildman–Crippen MR) is 33.9 cm³/mol. The van der Waals surface area contributed by atoms with Gasteiger partial charge in [0.1, 0.15) is 4.88 Å². The maximum absolute atomic E-state index is 10.5. The molecule has 48 valence electrons. The van der Waals surface area contributed by atoms with Crippen LogP contribution in [0.25, 0.3) is 0 Å². The summed E-state index contributed by atoms with van der Waals surface area (Å²) in [5.74, 6) is -0.440. The third-order valence-corrected chi connectivity index (χ3v) is 1.76. The lowest BCUT2D eigenvalue weighted by atomic mass is 10.5. The molecule has 0 bridgehead atoms. The zero-order chi connectivity index (χ0) is 6.69. The van der Waals surface area contributed by atoms with Crippen molar-refractivity contribution in [2.24, 2.45) is 0 Å². The van der Waals surface area contributed by atoms with Crippen LogP contribution in [0.15, 0.2) is 17.5 Å². The Morgan fingerprint density at radius 3 is 3.00 bits per heavy atom. The molecule has 2 N–H and O–H groups in total. The van der Waals surface area contributed by atoms with Crippen LogP contribution in [-0.2, 0) is 0 Å². The number of hydroxylamine groups is 1. The molecule has 3 nitrogen and oxygen atoms in total. The zero-order valence-electron chi connectivity index (χ0n) is 4.53. The van der Waals surface area contributed by atoms with Crippen molar-refractivity contribution in [3.05, 3.63) is 27.6 Å². The SMILES string of the molecule is O=C([NH2+][O-])c1cccs1. The highest BCUT2D eigenvalue weighted by atomic mass is 32.1. The summed E-state index contributed by atoms with van der Waals surface area (Å²) in [6.07, 6.45) is 0. The maximum Gasteiger partial charge on any atom is 0.352 e. The lowest BCUT2D eigenvalue weighted by Gasteiger charge is -1.93. The molecule has 1 aromatic rings. The van der Waals surface area contributed by atoms with E-state index in [2.05, 4.69) is 0 Å². The van der Waals surface area contributed by atoms with Gasteiger partial charge in [-0.15, -0.1) is 11.3 Å². The summed E-state index contributed by atoms with van der Waals surface area (Å²) in [6, 6.07) is 3.36. The fourth-order valence-electron chi connectivity index (χ4n) is 0.477. The minimum absolute atomic E-state index is 0.325. The molecule has 0 aromatic carbocycles. The van der Waals surface area contributed by atoms with Crippen molar-refractivity contribution in [3.63, 3.8) is 0 Å². The molecule has 9 heavy (non-hydrogen) atoms. The van der Waals surface area contributed by atoms with Gasteiger partial charge in [-0.3, -0.25) is 0 Å². The Morgan fingerprint density at radius 1 is 1.78 bits per heavy atom. The fourth-order valence-corrected chi connectivity index (χ4v) is 1.10. The molecular formula is C5H5NO2S. The number of nitrogens with two attached hydrogens (primary N) is 1. The average Bonchev–Trinajstić information content (AvgIpc) is 2.37. The first-order valence-corrected chi connectivity index (χ1v) is 3.25. The van der Waals surface area contributed by atoms with E-state index in [1.165, 1.54) is 11.3 Å². The molecule has 0 aliphatic heterocycles. The van der Waals surface area contributed by atoms with Crippen molar-refractivity contribution >= 4 is 17.2 Å². The number of amides is 1. The van der Waals surface area contributed by atoms with Crippen LogP contribution in [0.4, 0.5) is 0 Å². The van der Waals surface area contributed by atoms with Gasteiger partial charge < -0.3 is 10.7 Å². The molecule has 0 fully saturated rings. The third kappa shape index (κ3) is 1.35. The summed E-state index contributed by atoms with van der Waals surface area (Å²) in [6.45, 7) is 0. The minimum atomic E-state index is -0.440. The lowest BCUT2D eigenvalue weighted by Crippen LogP contribution is -2.81. The maximum atomic E-state index is 10.5. The van der Waals surface area contributed by atoms with Crippen molar-refractivity contribution in [3.8, 4) is 0 Å². The van der Waals surface area contributed by atoms with E-state index in [1.54, 1.807) is 17.5 Å². The van der Waals surface area contributed by atoms with Crippen LogP contribution in [0.5, 0.6) is 0 Å². The summed E-state index contributed by atoms with van der Waals surface area (Å²) in [7, 11) is 0. The molecule has 0 aliphatic carbocycles. The second-order valence-corrected chi connectivity index (χ2v) is 2.41. The first kappa shape index (κ1) is 6.41. The largest absolute Gasteiger partial charge is 0.628 e. The van der Waals surface area contributed by atoms with Crippen molar-refractivity contribution < 1.29 is 10.3 Å². The van der Waals surface area contributed by atoms with Crippen LogP contribution in [-0.4, -0.2) is 5.91 Å². The minimum Gasteiger partial charge on any atom is -0.628 e. The molecule has 0 atom stereocenters. The van der Waals surface area contributed by atoms with Crippen molar-refractivity contribution in [1.29, 1.82) is 0 Å². The van der Waals surface area contributed by atoms with Crippen LogP contribution in [0.2, 0.25) is 0 Å². The third-order valence-electron chi connectivity index (χ3n) is 0.871. The number of carbonyl (C=O) groups excluding carboxylic acids is 1. The number of quaternary nitrogens is 1. The summed E-state index contributed by atoms with van der Waals surface area (Å²) >= 11 is 1.27. The van der Waals surface area contributed by atoms with E-state index in [0.29, 0.717) is 10.4 Å². The van der Waals surface area contributed by atoms with Gasteiger partial charge in [0.25, 0.3) is 0 Å². The normalized spacial score (nSPS) is 9.44. The molecule has 1 heterocycles. The zero-order valence-corrected chi connectivity index (χ0v) is 5.35. The first-order chi connectivity index (χ1) is 4.34. The van der Waals surface area contributed by atoms with E-state index in [1.807, 2.05) is 0 Å². The number of hydrogen-bond donors (Lipinski definition) is 1. The van der Waals surface area contributed by atoms with Crippen LogP contribution in [0.3, 0.4) is 0 Å². The Bertz CT molecular complexity index is 195. The van der Waals surface area contributed by atoms with E-state index in [-0.39, 0.29) is 0 Å². The van der Waals surface area contributed by atoms with E-state index in [4.69, 9.17) is 0 Å². The average molecular weight is 143 g/mol. The van der Waals surface area contributed by atoms with Gasteiger partial charge in [0.15, 0.2) is 0 Å².